The van der Waals surface area contributed by atoms with Crippen LogP contribution in [0.5, 0.6) is 0 Å². The van der Waals surface area contributed by atoms with E-state index in [0.717, 1.165) is 13.1 Å². The van der Waals surface area contributed by atoms with E-state index in [4.69, 9.17) is 11.6 Å². The van der Waals surface area contributed by atoms with Crippen LogP contribution in [0.1, 0.15) is 5.69 Å². The molecule has 1 aliphatic rings. The number of nitrogens with zero attached hydrogens (tertiary/aromatic N) is 2. The van der Waals surface area contributed by atoms with Gasteiger partial charge in [-0.05, 0) is 12.1 Å². The number of rotatable bonds is 2. The topological polar surface area (TPSA) is 8.17 Å². The number of hydrogen-bond acceptors (Lipinski definition) is 1. The average molecular weight is 183 g/mol. The highest BCUT2D eigenvalue weighted by atomic mass is 35.5. The Balaban J connectivity index is 2.13. The second-order valence-corrected chi connectivity index (χ2v) is 3.24. The van der Waals surface area contributed by atoms with E-state index in [1.807, 2.05) is 0 Å². The summed E-state index contributed by atoms with van der Waals surface area (Å²) in [4.78, 5) is 2.21. The summed E-state index contributed by atoms with van der Waals surface area (Å²) in [6.07, 6.45) is 6.20. The molecule has 0 radical (unpaired) electrons. The van der Waals surface area contributed by atoms with Gasteiger partial charge in [0.15, 0.2) is 0 Å². The normalized spacial score (nSPS) is 14.9. The molecule has 2 heterocycles. The minimum Gasteiger partial charge on any atom is -0.369 e. The molecule has 1 aromatic heterocycles. The Bertz CT molecular complexity index is 290. The van der Waals surface area contributed by atoms with Gasteiger partial charge in [-0.1, -0.05) is 0 Å². The maximum atomic E-state index is 5.65. The fourth-order valence-electron chi connectivity index (χ4n) is 1.40. The molecule has 0 aliphatic carbocycles. The summed E-state index contributed by atoms with van der Waals surface area (Å²) < 4.78 is 2.13. The summed E-state index contributed by atoms with van der Waals surface area (Å²) in [6, 6.07) is 4.19. The molecule has 0 atom stereocenters. The Morgan fingerprint density at radius 2 is 2.33 bits per heavy atom. The van der Waals surface area contributed by atoms with Crippen LogP contribution in [0, 0.1) is 0 Å². The molecule has 0 spiro atoms. The molecule has 0 amide bonds. The lowest BCUT2D eigenvalue weighted by atomic mass is 10.3. The SMILES string of the molecule is ClCCN1C=Cn2cccc2C1. The Morgan fingerprint density at radius 3 is 3.17 bits per heavy atom. The van der Waals surface area contributed by atoms with Crippen LogP contribution in [0.15, 0.2) is 24.5 Å². The molecule has 3 heteroatoms. The third kappa shape index (κ3) is 1.34. The molecule has 0 aromatic carbocycles. The summed E-state index contributed by atoms with van der Waals surface area (Å²) in [7, 11) is 0. The van der Waals surface area contributed by atoms with Crippen molar-refractivity contribution in [3.63, 3.8) is 0 Å². The van der Waals surface area contributed by atoms with Crippen molar-refractivity contribution in [2.75, 3.05) is 12.4 Å². The van der Waals surface area contributed by atoms with Crippen molar-refractivity contribution in [1.29, 1.82) is 0 Å². The Labute approximate surface area is 77.0 Å². The predicted octanol–water partition coefficient (Wildman–Crippen LogP) is 1.97. The van der Waals surface area contributed by atoms with Crippen molar-refractivity contribution >= 4 is 17.8 Å². The molecule has 0 fully saturated rings. The van der Waals surface area contributed by atoms with Gasteiger partial charge in [-0.25, -0.2) is 0 Å². The first-order valence-corrected chi connectivity index (χ1v) is 4.57. The molecule has 1 aromatic rings. The first-order valence-electron chi connectivity index (χ1n) is 4.04. The van der Waals surface area contributed by atoms with Gasteiger partial charge in [-0.2, -0.15) is 0 Å². The van der Waals surface area contributed by atoms with Crippen LogP contribution in [0.2, 0.25) is 0 Å². The quantitative estimate of drug-likeness (QED) is 0.635. The molecule has 64 valence electrons. The van der Waals surface area contributed by atoms with Gasteiger partial charge >= 0.3 is 0 Å². The molecule has 0 unspecified atom stereocenters. The van der Waals surface area contributed by atoms with Crippen LogP contribution in [-0.4, -0.2) is 21.9 Å². The van der Waals surface area contributed by atoms with Crippen LogP contribution in [0.3, 0.4) is 0 Å². The minimum absolute atomic E-state index is 0.686. The van der Waals surface area contributed by atoms with E-state index in [2.05, 4.69) is 40.2 Å². The third-order valence-corrected chi connectivity index (χ3v) is 2.21. The van der Waals surface area contributed by atoms with Crippen molar-refractivity contribution in [3.8, 4) is 0 Å². The average Bonchev–Trinajstić information content (AvgIpc) is 2.51. The highest BCUT2D eigenvalue weighted by Gasteiger charge is 2.07. The maximum absolute atomic E-state index is 5.65. The maximum Gasteiger partial charge on any atom is 0.0580 e. The van der Waals surface area contributed by atoms with Gasteiger partial charge in [-0.3, -0.25) is 0 Å². The van der Waals surface area contributed by atoms with Gasteiger partial charge < -0.3 is 9.47 Å². The van der Waals surface area contributed by atoms with E-state index >= 15 is 0 Å². The van der Waals surface area contributed by atoms with E-state index in [1.54, 1.807) is 0 Å². The van der Waals surface area contributed by atoms with E-state index in [1.165, 1.54) is 5.69 Å². The van der Waals surface area contributed by atoms with E-state index in [-0.39, 0.29) is 0 Å². The number of aromatic nitrogens is 1. The zero-order valence-corrected chi connectivity index (χ0v) is 7.54. The summed E-state index contributed by atoms with van der Waals surface area (Å²) in [5, 5.41) is 0. The molecular formula is C9H11ClN2. The van der Waals surface area contributed by atoms with E-state index < -0.39 is 0 Å². The van der Waals surface area contributed by atoms with Crippen LogP contribution in [0.4, 0.5) is 0 Å². The number of halogens is 1. The summed E-state index contributed by atoms with van der Waals surface area (Å²) in [6.45, 7) is 1.89. The van der Waals surface area contributed by atoms with Gasteiger partial charge in [-0.15, -0.1) is 11.6 Å². The van der Waals surface area contributed by atoms with Crippen LogP contribution >= 0.6 is 11.6 Å². The second kappa shape index (κ2) is 3.23. The lowest BCUT2D eigenvalue weighted by Crippen LogP contribution is -2.23. The molecular weight excluding hydrogens is 172 g/mol. The van der Waals surface area contributed by atoms with Gasteiger partial charge in [0.1, 0.15) is 0 Å². The second-order valence-electron chi connectivity index (χ2n) is 2.86. The fraction of sp³-hybridized carbons (Fsp3) is 0.333. The Hall–Kier alpha value is -0.890. The van der Waals surface area contributed by atoms with Crippen LogP contribution in [-0.2, 0) is 6.54 Å². The molecule has 2 rings (SSSR count). The highest BCUT2D eigenvalue weighted by Crippen LogP contribution is 2.12. The van der Waals surface area contributed by atoms with Gasteiger partial charge in [0.05, 0.1) is 6.54 Å². The Morgan fingerprint density at radius 1 is 1.42 bits per heavy atom. The van der Waals surface area contributed by atoms with Crippen molar-refractivity contribution < 1.29 is 0 Å². The monoisotopic (exact) mass is 182 g/mol. The largest absolute Gasteiger partial charge is 0.369 e. The first-order chi connectivity index (χ1) is 5.90. The highest BCUT2D eigenvalue weighted by molar-refractivity contribution is 6.18. The zero-order chi connectivity index (χ0) is 8.39. The van der Waals surface area contributed by atoms with E-state index in [0.29, 0.717) is 5.88 Å². The number of fused-ring (bicyclic) bond motifs is 1. The van der Waals surface area contributed by atoms with Crippen molar-refractivity contribution in [1.82, 2.24) is 9.47 Å². The summed E-state index contributed by atoms with van der Waals surface area (Å²) >= 11 is 5.65. The zero-order valence-electron chi connectivity index (χ0n) is 6.78. The molecule has 2 nitrogen and oxygen atoms in total. The van der Waals surface area contributed by atoms with Crippen LogP contribution < -0.4 is 0 Å². The molecule has 0 bridgehead atoms. The fourth-order valence-corrected chi connectivity index (χ4v) is 1.61. The predicted molar refractivity (Wildman–Crippen MR) is 50.9 cm³/mol. The lowest BCUT2D eigenvalue weighted by Gasteiger charge is -2.23. The smallest absolute Gasteiger partial charge is 0.0580 e. The Kier molecular flexibility index (Phi) is 2.09. The standard InChI is InChI=1S/C9H11ClN2/c10-3-5-11-6-7-12-4-1-2-9(12)8-11/h1-2,4,6-7H,3,5,8H2. The van der Waals surface area contributed by atoms with Crippen LogP contribution in [0.25, 0.3) is 6.20 Å². The minimum atomic E-state index is 0.686. The number of hydrogen-bond donors (Lipinski definition) is 0. The molecule has 1 aliphatic heterocycles. The van der Waals surface area contributed by atoms with Crippen molar-refractivity contribution in [2.24, 2.45) is 0 Å². The molecule has 0 N–H and O–H groups in total. The third-order valence-electron chi connectivity index (χ3n) is 2.04. The molecule has 0 saturated carbocycles. The lowest BCUT2D eigenvalue weighted by molar-refractivity contribution is 0.377. The van der Waals surface area contributed by atoms with Crippen molar-refractivity contribution in [3.05, 3.63) is 30.2 Å². The van der Waals surface area contributed by atoms with E-state index in [9.17, 15) is 0 Å². The first kappa shape index (κ1) is 7.74. The van der Waals surface area contributed by atoms with Gasteiger partial charge in [0.25, 0.3) is 0 Å². The number of alkyl halides is 1. The summed E-state index contributed by atoms with van der Waals surface area (Å²) in [5.41, 5.74) is 1.32. The summed E-state index contributed by atoms with van der Waals surface area (Å²) in [5.74, 6) is 0.686. The van der Waals surface area contributed by atoms with Gasteiger partial charge in [0, 0.05) is 36.7 Å². The van der Waals surface area contributed by atoms with Gasteiger partial charge in [0.2, 0.25) is 0 Å². The molecule has 0 saturated heterocycles. The van der Waals surface area contributed by atoms with Crippen molar-refractivity contribution in [2.45, 2.75) is 6.54 Å². The molecule has 12 heavy (non-hydrogen) atoms.